The number of halogens is 2. The zero-order valence-electron chi connectivity index (χ0n) is 26.8. The van der Waals surface area contributed by atoms with Gasteiger partial charge in [0.2, 0.25) is 5.91 Å². The zero-order valence-corrected chi connectivity index (χ0v) is 26.8. The molecule has 2 bridgehead atoms. The van der Waals surface area contributed by atoms with E-state index in [0.717, 1.165) is 67.5 Å². The van der Waals surface area contributed by atoms with Gasteiger partial charge in [0.15, 0.2) is 5.82 Å². The molecule has 5 heterocycles. The number of amides is 2. The van der Waals surface area contributed by atoms with Crippen molar-refractivity contribution in [1.29, 1.82) is 0 Å². The Morgan fingerprint density at radius 3 is 2.79 bits per heavy atom. The van der Waals surface area contributed by atoms with Crippen LogP contribution in [0.2, 0.25) is 0 Å². The van der Waals surface area contributed by atoms with Gasteiger partial charge in [0.25, 0.3) is 5.91 Å². The van der Waals surface area contributed by atoms with E-state index >= 15 is 4.39 Å². The fraction of sp³-hybridized carbons (Fsp3) is 0.543. The van der Waals surface area contributed by atoms with Gasteiger partial charge in [-0.2, -0.15) is 0 Å². The van der Waals surface area contributed by atoms with Crippen LogP contribution in [0, 0.1) is 17.7 Å². The summed E-state index contributed by atoms with van der Waals surface area (Å²) in [5, 5.41) is 9.89. The first-order chi connectivity index (χ1) is 22.8. The average molecular weight is 646 g/mol. The Morgan fingerprint density at radius 2 is 1.98 bits per heavy atom. The van der Waals surface area contributed by atoms with Gasteiger partial charge in [-0.25, -0.2) is 18.7 Å². The van der Waals surface area contributed by atoms with E-state index in [9.17, 15) is 14.0 Å². The van der Waals surface area contributed by atoms with E-state index in [1.807, 2.05) is 23.6 Å². The van der Waals surface area contributed by atoms with Crippen LogP contribution in [0.1, 0.15) is 80.0 Å². The lowest BCUT2D eigenvalue weighted by Crippen LogP contribution is -2.52. The lowest BCUT2D eigenvalue weighted by atomic mass is 10.0. The summed E-state index contributed by atoms with van der Waals surface area (Å²) in [4.78, 5) is 36.2. The minimum Gasteiger partial charge on any atom is -0.379 e. The molecule has 2 aliphatic heterocycles. The second kappa shape index (κ2) is 12.0. The largest absolute Gasteiger partial charge is 0.379 e. The standard InChI is InChI=1S/C35H41F2N7O3/c1-18-25-8-7-20-13-30(43(32(20)40-25)11-5-3-4-6-19-12-21(19)34(45)39-18)33-41-26-14-22(35(46)42-27-17-38-10-9-23(27)36)24(37)15-28(26)44(33)29-16-31(29)47-2/h7-8,13-15,18-19,21,23,27,29,31,38H,3-6,9-12,16-17H2,1-2H3,(H,39,45)(H,42,46)/t18-,19-,21-,23+,27+,29?,31?/m1/s1. The highest BCUT2D eigenvalue weighted by Gasteiger charge is 2.43. The maximum Gasteiger partial charge on any atom is 0.254 e. The van der Waals surface area contributed by atoms with Gasteiger partial charge >= 0.3 is 0 Å². The molecule has 47 heavy (non-hydrogen) atoms. The summed E-state index contributed by atoms with van der Waals surface area (Å²) >= 11 is 0. The van der Waals surface area contributed by atoms with Crippen LogP contribution in [0.3, 0.4) is 0 Å². The molecule has 3 aromatic heterocycles. The third-order valence-electron chi connectivity index (χ3n) is 10.6. The van der Waals surface area contributed by atoms with Crippen molar-refractivity contribution in [3.8, 4) is 11.5 Å². The molecule has 2 aliphatic carbocycles. The van der Waals surface area contributed by atoms with Gasteiger partial charge in [0.05, 0.1) is 52.2 Å². The predicted molar refractivity (Wildman–Crippen MR) is 173 cm³/mol. The molecule has 2 amide bonds. The molecule has 0 radical (unpaired) electrons. The molecule has 248 valence electrons. The summed E-state index contributed by atoms with van der Waals surface area (Å²) in [6.45, 7) is 3.54. The minimum atomic E-state index is -1.19. The van der Waals surface area contributed by atoms with Crippen molar-refractivity contribution in [3.63, 3.8) is 0 Å². The zero-order chi connectivity index (χ0) is 32.4. The Morgan fingerprint density at radius 1 is 1.11 bits per heavy atom. The number of pyridine rings is 1. The van der Waals surface area contributed by atoms with Crippen LogP contribution in [0.4, 0.5) is 8.78 Å². The molecule has 8 rings (SSSR count). The Bertz CT molecular complexity index is 1870. The average Bonchev–Trinajstić information content (AvgIpc) is 3.96. The number of piperidine rings is 1. The van der Waals surface area contributed by atoms with Crippen LogP contribution in [0.15, 0.2) is 30.3 Å². The molecule has 12 heteroatoms. The van der Waals surface area contributed by atoms with Gasteiger partial charge in [-0.3, -0.25) is 9.59 Å². The van der Waals surface area contributed by atoms with Crippen molar-refractivity contribution in [3.05, 3.63) is 47.4 Å². The molecule has 3 fully saturated rings. The Labute approximate surface area is 271 Å². The van der Waals surface area contributed by atoms with Crippen molar-refractivity contribution >= 4 is 33.9 Å². The highest BCUT2D eigenvalue weighted by Crippen LogP contribution is 2.45. The number of nitrogens with zero attached hydrogens (tertiary/aromatic N) is 4. The van der Waals surface area contributed by atoms with Crippen LogP contribution < -0.4 is 16.0 Å². The molecule has 0 spiro atoms. The Balaban J connectivity index is 1.22. The van der Waals surface area contributed by atoms with Crippen LogP contribution in [-0.4, -0.2) is 69.4 Å². The van der Waals surface area contributed by atoms with E-state index in [-0.39, 0.29) is 35.6 Å². The highest BCUT2D eigenvalue weighted by molar-refractivity contribution is 5.98. The Kier molecular flexibility index (Phi) is 7.75. The van der Waals surface area contributed by atoms with E-state index in [0.29, 0.717) is 42.3 Å². The fourth-order valence-electron chi connectivity index (χ4n) is 7.63. The van der Waals surface area contributed by atoms with Crippen molar-refractivity contribution in [2.24, 2.45) is 11.8 Å². The van der Waals surface area contributed by atoms with Crippen LogP contribution in [0.5, 0.6) is 0 Å². The number of nitrogens with one attached hydrogen (secondary N) is 3. The maximum absolute atomic E-state index is 15.7. The third kappa shape index (κ3) is 5.58. The smallest absolute Gasteiger partial charge is 0.254 e. The van der Waals surface area contributed by atoms with Crippen LogP contribution in [0.25, 0.3) is 33.6 Å². The number of fused-ring (bicyclic) bond motifs is 3. The number of benzene rings is 1. The number of imidazole rings is 1. The summed E-state index contributed by atoms with van der Waals surface area (Å²) < 4.78 is 40.1. The van der Waals surface area contributed by atoms with E-state index in [4.69, 9.17) is 14.7 Å². The second-order valence-corrected chi connectivity index (χ2v) is 13.8. The number of aryl methyl sites for hydroxylation is 1. The topological polar surface area (TPSA) is 115 Å². The Hall–Kier alpha value is -3.90. The van der Waals surface area contributed by atoms with Crippen LogP contribution in [-0.2, 0) is 16.1 Å². The molecule has 2 saturated carbocycles. The lowest BCUT2D eigenvalue weighted by Gasteiger charge is -2.27. The summed E-state index contributed by atoms with van der Waals surface area (Å²) in [7, 11) is 1.67. The van der Waals surface area contributed by atoms with Crippen molar-refractivity contribution in [2.45, 2.75) is 88.8 Å². The number of aromatic nitrogens is 4. The summed E-state index contributed by atoms with van der Waals surface area (Å²) in [6, 6.07) is 7.92. The highest BCUT2D eigenvalue weighted by atomic mass is 19.1. The van der Waals surface area contributed by atoms with E-state index in [1.165, 1.54) is 12.1 Å². The lowest BCUT2D eigenvalue weighted by molar-refractivity contribution is -0.123. The first-order valence-corrected chi connectivity index (χ1v) is 17.0. The first-order valence-electron chi connectivity index (χ1n) is 17.0. The van der Waals surface area contributed by atoms with Gasteiger partial charge in [0.1, 0.15) is 17.6 Å². The minimum absolute atomic E-state index is 0.0405. The van der Waals surface area contributed by atoms with Gasteiger partial charge in [-0.05, 0) is 75.8 Å². The van der Waals surface area contributed by atoms with Gasteiger partial charge in [0, 0.05) is 37.6 Å². The molecular weight excluding hydrogens is 604 g/mol. The molecular formula is C35H41F2N7O3. The predicted octanol–water partition coefficient (Wildman–Crippen LogP) is 4.97. The molecule has 1 saturated heterocycles. The number of ether oxygens (including phenoxy) is 1. The molecule has 2 unspecified atom stereocenters. The normalized spacial score (nSPS) is 29.4. The quantitative estimate of drug-likeness (QED) is 0.283. The number of carbonyl (C=O) groups is 2. The monoisotopic (exact) mass is 645 g/mol. The van der Waals surface area contributed by atoms with Gasteiger partial charge < -0.3 is 29.8 Å². The number of rotatable bonds is 5. The number of hydrogen-bond acceptors (Lipinski definition) is 6. The van der Waals surface area contributed by atoms with Gasteiger partial charge in [-0.15, -0.1) is 0 Å². The molecule has 4 aromatic rings. The van der Waals surface area contributed by atoms with Gasteiger partial charge in [-0.1, -0.05) is 12.8 Å². The van der Waals surface area contributed by atoms with E-state index in [1.54, 1.807) is 7.11 Å². The number of methoxy groups -OCH3 is 1. The first kappa shape index (κ1) is 30.4. The second-order valence-electron chi connectivity index (χ2n) is 13.8. The van der Waals surface area contributed by atoms with E-state index < -0.39 is 23.9 Å². The van der Waals surface area contributed by atoms with Crippen molar-refractivity contribution in [1.82, 2.24) is 35.1 Å². The summed E-state index contributed by atoms with van der Waals surface area (Å²) in [5.74, 6) is 0.0190. The maximum atomic E-state index is 15.7. The van der Waals surface area contributed by atoms with Crippen molar-refractivity contribution in [2.75, 3.05) is 20.2 Å². The van der Waals surface area contributed by atoms with E-state index in [2.05, 4.69) is 26.6 Å². The SMILES string of the molecule is COC1CC1n1c(-c2cc3ccc4nc3n2CCCCC[C@@H]2C[C@H]2C(=O)N[C@@H]4C)nc2cc(C(=O)N[C@H]3CNCC[C@@H]3F)c(F)cc21. The third-order valence-corrected chi connectivity index (χ3v) is 10.6. The number of alkyl halides is 1. The molecule has 1 aromatic carbocycles. The molecule has 7 atom stereocenters. The molecule has 4 aliphatic rings. The summed E-state index contributed by atoms with van der Waals surface area (Å²) in [6.07, 6.45) is 4.88. The molecule has 10 nitrogen and oxygen atoms in total. The fourth-order valence-corrected chi connectivity index (χ4v) is 7.63. The number of carbonyl (C=O) groups excluding carboxylic acids is 2. The number of hydrogen-bond donors (Lipinski definition) is 3. The van der Waals surface area contributed by atoms with Crippen LogP contribution >= 0.6 is 0 Å². The summed E-state index contributed by atoms with van der Waals surface area (Å²) in [5.41, 5.74) is 3.36. The van der Waals surface area contributed by atoms with Crippen molar-refractivity contribution < 1.29 is 23.1 Å². The molecule has 3 N–H and O–H groups in total.